The number of methoxy groups -OCH3 is 3. The van der Waals surface area contributed by atoms with Crippen molar-refractivity contribution in [1.82, 2.24) is 4.90 Å². The van der Waals surface area contributed by atoms with Gasteiger partial charge in [0.15, 0.2) is 23.0 Å². The second kappa shape index (κ2) is 7.96. The van der Waals surface area contributed by atoms with Crippen LogP contribution >= 0.6 is 0 Å². The molecule has 6 nitrogen and oxygen atoms in total. The zero-order valence-electron chi connectivity index (χ0n) is 16.3. The number of rotatable bonds is 6. The molecular weight excluding hydrogens is 346 g/mol. The van der Waals surface area contributed by atoms with Crippen LogP contribution in [0.4, 0.5) is 0 Å². The number of fused-ring (bicyclic) bond motifs is 1. The summed E-state index contributed by atoms with van der Waals surface area (Å²) in [7, 11) is 6.74. The van der Waals surface area contributed by atoms with E-state index >= 15 is 0 Å². The molecule has 0 bridgehead atoms. The number of hydrogen-bond donors (Lipinski definition) is 2. The van der Waals surface area contributed by atoms with E-state index in [0.717, 1.165) is 36.9 Å². The van der Waals surface area contributed by atoms with Gasteiger partial charge < -0.3 is 24.4 Å². The van der Waals surface area contributed by atoms with Crippen molar-refractivity contribution in [1.29, 1.82) is 0 Å². The summed E-state index contributed by atoms with van der Waals surface area (Å²) >= 11 is 0. The summed E-state index contributed by atoms with van der Waals surface area (Å²) < 4.78 is 15.8. The third-order valence-electron chi connectivity index (χ3n) is 5.29. The van der Waals surface area contributed by atoms with Gasteiger partial charge in [0.2, 0.25) is 5.75 Å². The molecule has 1 aliphatic rings. The summed E-state index contributed by atoms with van der Waals surface area (Å²) in [6, 6.07) is 7.59. The van der Waals surface area contributed by atoms with Crippen LogP contribution in [0.5, 0.6) is 28.7 Å². The molecule has 146 valence electrons. The first-order chi connectivity index (χ1) is 13.0. The number of benzene rings is 2. The lowest BCUT2D eigenvalue weighted by atomic mass is 9.88. The highest BCUT2D eigenvalue weighted by Gasteiger charge is 2.26. The van der Waals surface area contributed by atoms with Crippen molar-refractivity contribution < 1.29 is 24.4 Å². The van der Waals surface area contributed by atoms with E-state index in [1.807, 2.05) is 18.2 Å². The van der Waals surface area contributed by atoms with Gasteiger partial charge in [0, 0.05) is 12.6 Å². The molecule has 0 saturated carbocycles. The minimum atomic E-state index is 0.0795. The Morgan fingerprint density at radius 1 is 0.963 bits per heavy atom. The molecule has 0 amide bonds. The molecule has 0 spiro atoms. The topological polar surface area (TPSA) is 71.4 Å². The van der Waals surface area contributed by atoms with E-state index in [4.69, 9.17) is 14.2 Å². The van der Waals surface area contributed by atoms with Crippen LogP contribution in [0.3, 0.4) is 0 Å². The van der Waals surface area contributed by atoms with Crippen molar-refractivity contribution in [3.8, 4) is 28.7 Å². The van der Waals surface area contributed by atoms with Crippen LogP contribution in [0, 0.1) is 0 Å². The molecule has 0 fully saturated rings. The molecule has 1 aliphatic heterocycles. The maximum absolute atomic E-state index is 10.2. The Kier molecular flexibility index (Phi) is 5.65. The van der Waals surface area contributed by atoms with Gasteiger partial charge in [-0.2, -0.15) is 0 Å². The minimum Gasteiger partial charge on any atom is -0.504 e. The summed E-state index contributed by atoms with van der Waals surface area (Å²) in [5.74, 6) is 1.64. The molecule has 2 N–H and O–H groups in total. The second-order valence-electron chi connectivity index (χ2n) is 6.86. The molecule has 0 aromatic heterocycles. The molecule has 1 atom stereocenters. The van der Waals surface area contributed by atoms with E-state index in [1.165, 1.54) is 12.7 Å². The van der Waals surface area contributed by atoms with Gasteiger partial charge in [-0.05, 0) is 67.3 Å². The van der Waals surface area contributed by atoms with Crippen LogP contribution in [-0.2, 0) is 12.8 Å². The summed E-state index contributed by atoms with van der Waals surface area (Å²) in [6.07, 6.45) is 2.54. The molecule has 6 heteroatoms. The number of hydrogen-bond acceptors (Lipinski definition) is 6. The quantitative estimate of drug-likeness (QED) is 0.810. The fourth-order valence-electron chi connectivity index (χ4n) is 3.83. The highest BCUT2D eigenvalue weighted by atomic mass is 16.5. The highest BCUT2D eigenvalue weighted by Crippen LogP contribution is 2.41. The van der Waals surface area contributed by atoms with E-state index in [-0.39, 0.29) is 17.5 Å². The Labute approximate surface area is 159 Å². The van der Waals surface area contributed by atoms with Crippen LogP contribution in [0.2, 0.25) is 0 Å². The smallest absolute Gasteiger partial charge is 0.203 e. The van der Waals surface area contributed by atoms with Crippen LogP contribution in [0.15, 0.2) is 24.3 Å². The summed E-state index contributed by atoms with van der Waals surface area (Å²) in [4.78, 5) is 2.32. The first-order valence-corrected chi connectivity index (χ1v) is 9.02. The maximum atomic E-state index is 10.2. The Hall–Kier alpha value is -2.60. The average molecular weight is 373 g/mol. The third-order valence-corrected chi connectivity index (χ3v) is 5.29. The van der Waals surface area contributed by atoms with Gasteiger partial charge in [0.1, 0.15) is 0 Å². The summed E-state index contributed by atoms with van der Waals surface area (Å²) in [5.41, 5.74) is 3.33. The van der Waals surface area contributed by atoms with E-state index in [2.05, 4.69) is 11.9 Å². The largest absolute Gasteiger partial charge is 0.504 e. The van der Waals surface area contributed by atoms with Gasteiger partial charge in [0.25, 0.3) is 0 Å². The summed E-state index contributed by atoms with van der Waals surface area (Å²) in [6.45, 7) is 0.931. The molecule has 3 rings (SSSR count). The Morgan fingerprint density at radius 2 is 1.70 bits per heavy atom. The molecule has 2 aromatic rings. The highest BCUT2D eigenvalue weighted by molar-refractivity contribution is 5.53. The van der Waals surface area contributed by atoms with E-state index in [1.54, 1.807) is 20.3 Å². The lowest BCUT2D eigenvalue weighted by Gasteiger charge is -2.35. The van der Waals surface area contributed by atoms with Crippen LogP contribution < -0.4 is 14.2 Å². The summed E-state index contributed by atoms with van der Waals surface area (Å²) in [5, 5.41) is 20.3. The van der Waals surface area contributed by atoms with Gasteiger partial charge in [-0.25, -0.2) is 0 Å². The predicted octanol–water partition coefficient (Wildman–Crippen LogP) is 3.29. The van der Waals surface area contributed by atoms with Crippen LogP contribution in [-0.4, -0.2) is 50.0 Å². The zero-order valence-corrected chi connectivity index (χ0v) is 16.3. The molecule has 0 saturated heterocycles. The third kappa shape index (κ3) is 3.76. The van der Waals surface area contributed by atoms with Crippen molar-refractivity contribution in [2.24, 2.45) is 0 Å². The fourth-order valence-corrected chi connectivity index (χ4v) is 3.83. The number of nitrogens with zero attached hydrogens (tertiary/aromatic N) is 1. The van der Waals surface area contributed by atoms with Crippen molar-refractivity contribution in [3.63, 3.8) is 0 Å². The second-order valence-corrected chi connectivity index (χ2v) is 6.86. The molecule has 0 unspecified atom stereocenters. The number of aryl methyl sites for hydroxylation is 1. The molecule has 27 heavy (non-hydrogen) atoms. The van der Waals surface area contributed by atoms with Crippen molar-refractivity contribution >= 4 is 0 Å². The molecule has 2 aromatic carbocycles. The Morgan fingerprint density at radius 3 is 2.37 bits per heavy atom. The van der Waals surface area contributed by atoms with Crippen molar-refractivity contribution in [2.45, 2.75) is 25.3 Å². The number of aromatic hydroxyl groups is 2. The van der Waals surface area contributed by atoms with Crippen LogP contribution in [0.25, 0.3) is 0 Å². The van der Waals surface area contributed by atoms with Gasteiger partial charge in [-0.15, -0.1) is 0 Å². The molecule has 0 radical (unpaired) electrons. The first-order valence-electron chi connectivity index (χ1n) is 9.02. The maximum Gasteiger partial charge on any atom is 0.203 e. The standard InChI is InChI=1S/C21H27NO5/c1-22-8-7-14-11-17(23)19(25-2)12-15(14)16(22)6-5-13-9-18(24)21(27-4)20(10-13)26-3/h9-12,16,23-24H,5-8H2,1-4H3/t16-/m1/s1. The van der Waals surface area contributed by atoms with Gasteiger partial charge in [-0.3, -0.25) is 4.90 Å². The number of phenols is 2. The Bertz CT molecular complexity index is 821. The number of phenolic OH excluding ortho intramolecular Hbond substituents is 2. The monoisotopic (exact) mass is 373 g/mol. The van der Waals surface area contributed by atoms with Gasteiger partial charge in [-0.1, -0.05) is 0 Å². The van der Waals surface area contributed by atoms with Crippen molar-refractivity contribution in [3.05, 3.63) is 41.0 Å². The van der Waals surface area contributed by atoms with Crippen molar-refractivity contribution in [2.75, 3.05) is 34.9 Å². The van der Waals surface area contributed by atoms with Crippen LogP contribution in [0.1, 0.15) is 29.2 Å². The molecule has 1 heterocycles. The molecule has 0 aliphatic carbocycles. The van der Waals surface area contributed by atoms with E-state index in [9.17, 15) is 10.2 Å². The lowest BCUT2D eigenvalue weighted by Crippen LogP contribution is -2.32. The normalized spacial score (nSPS) is 16.7. The zero-order chi connectivity index (χ0) is 19.6. The first kappa shape index (κ1) is 19.2. The molecular formula is C21H27NO5. The SMILES string of the molecule is COc1cc2c(cc1O)CCN(C)[C@@H]2CCc1cc(O)c(OC)c(OC)c1. The fraction of sp³-hybridized carbons (Fsp3) is 0.429. The van der Waals surface area contributed by atoms with E-state index in [0.29, 0.717) is 17.2 Å². The lowest BCUT2D eigenvalue weighted by molar-refractivity contribution is 0.218. The average Bonchev–Trinajstić information content (AvgIpc) is 2.66. The van der Waals surface area contributed by atoms with Gasteiger partial charge in [0.05, 0.1) is 21.3 Å². The predicted molar refractivity (Wildman–Crippen MR) is 103 cm³/mol. The minimum absolute atomic E-state index is 0.0795. The van der Waals surface area contributed by atoms with Gasteiger partial charge >= 0.3 is 0 Å². The number of likely N-dealkylation sites (N-methyl/N-ethyl adjacent to an activating group) is 1. The Balaban J connectivity index is 1.85. The number of ether oxygens (including phenoxy) is 3. The van der Waals surface area contributed by atoms with E-state index < -0.39 is 0 Å².